The van der Waals surface area contributed by atoms with Crippen molar-refractivity contribution in [2.45, 2.75) is 32.7 Å². The molecule has 1 atom stereocenters. The molecule has 1 aromatic carbocycles. The maximum atomic E-state index is 12.3. The van der Waals surface area contributed by atoms with Crippen molar-refractivity contribution in [3.05, 3.63) is 57.3 Å². The minimum atomic E-state index is -0.0693. The van der Waals surface area contributed by atoms with Gasteiger partial charge in [-0.05, 0) is 19.9 Å². The number of rotatable bonds is 8. The molecule has 0 aliphatic heterocycles. The van der Waals surface area contributed by atoms with Crippen molar-refractivity contribution < 1.29 is 14.5 Å². The average Bonchev–Trinajstić information content (AvgIpc) is 2.92. The predicted molar refractivity (Wildman–Crippen MR) is 102 cm³/mol. The van der Waals surface area contributed by atoms with Gasteiger partial charge in [0.05, 0.1) is 20.6 Å². The molecule has 2 aromatic rings. The van der Waals surface area contributed by atoms with E-state index in [4.69, 9.17) is 0 Å². The molecule has 5 heteroatoms. The van der Waals surface area contributed by atoms with Gasteiger partial charge >= 0.3 is 0 Å². The van der Waals surface area contributed by atoms with Crippen molar-refractivity contribution in [1.82, 2.24) is 5.32 Å². The highest BCUT2D eigenvalue weighted by atomic mass is 32.1. The van der Waals surface area contributed by atoms with Crippen LogP contribution >= 0.6 is 11.3 Å². The van der Waals surface area contributed by atoms with E-state index in [-0.39, 0.29) is 30.6 Å². The number of benzene rings is 1. The van der Waals surface area contributed by atoms with Crippen LogP contribution in [0.5, 0.6) is 0 Å². The van der Waals surface area contributed by atoms with E-state index in [1.165, 1.54) is 10.5 Å². The van der Waals surface area contributed by atoms with Gasteiger partial charge in [0.2, 0.25) is 5.91 Å². The molecule has 1 heterocycles. The largest absolute Gasteiger partial charge is 0.350 e. The third kappa shape index (κ3) is 5.51. The molecule has 134 valence electrons. The molecule has 4 nitrogen and oxygen atoms in total. The zero-order chi connectivity index (χ0) is 18.4. The highest BCUT2D eigenvalue weighted by Crippen LogP contribution is 2.22. The molecule has 1 aromatic heterocycles. The van der Waals surface area contributed by atoms with Crippen LogP contribution in [0, 0.1) is 13.8 Å². The van der Waals surface area contributed by atoms with Crippen molar-refractivity contribution in [3.63, 3.8) is 0 Å². The lowest BCUT2D eigenvalue weighted by molar-refractivity contribution is -0.890. The van der Waals surface area contributed by atoms with Crippen LogP contribution in [0.4, 0.5) is 0 Å². The molecule has 0 radical (unpaired) electrons. The first-order chi connectivity index (χ1) is 11.9. The predicted octanol–water partition coefficient (Wildman–Crippen LogP) is 2.33. The van der Waals surface area contributed by atoms with Crippen molar-refractivity contribution in [1.29, 1.82) is 0 Å². The van der Waals surface area contributed by atoms with Crippen LogP contribution in [0.25, 0.3) is 0 Å². The van der Waals surface area contributed by atoms with Crippen LogP contribution in [0.3, 0.4) is 0 Å². The number of carbonyl (C=O) groups excluding carboxylic acids is 2. The number of hydrogen-bond donors (Lipinski definition) is 2. The first-order valence-electron chi connectivity index (χ1n) is 8.60. The van der Waals surface area contributed by atoms with Gasteiger partial charge in [0, 0.05) is 33.7 Å². The van der Waals surface area contributed by atoms with Crippen LogP contribution in [0.2, 0.25) is 0 Å². The molecule has 0 bridgehead atoms. The third-order valence-electron chi connectivity index (χ3n) is 4.32. The molecule has 0 saturated carbocycles. The van der Waals surface area contributed by atoms with E-state index < -0.39 is 0 Å². The maximum absolute atomic E-state index is 12.3. The SMILES string of the molecule is Cc1cc(C(=O)CCC(=O)NC[C@@H](c2ccccc2)[NH+](C)C)c(C)s1. The van der Waals surface area contributed by atoms with Crippen molar-refractivity contribution >= 4 is 23.0 Å². The highest BCUT2D eigenvalue weighted by molar-refractivity contribution is 7.12. The summed E-state index contributed by atoms with van der Waals surface area (Å²) in [7, 11) is 4.16. The fraction of sp³-hybridized carbons (Fsp3) is 0.400. The van der Waals surface area contributed by atoms with Gasteiger partial charge < -0.3 is 10.2 Å². The third-order valence-corrected chi connectivity index (χ3v) is 5.29. The van der Waals surface area contributed by atoms with Crippen LogP contribution < -0.4 is 10.2 Å². The lowest BCUT2D eigenvalue weighted by atomic mass is 10.1. The number of aryl methyl sites for hydroxylation is 2. The summed E-state index contributed by atoms with van der Waals surface area (Å²) in [6.07, 6.45) is 0.491. The molecular weight excluding hydrogens is 332 g/mol. The van der Waals surface area contributed by atoms with Gasteiger partial charge in [-0.1, -0.05) is 30.3 Å². The van der Waals surface area contributed by atoms with E-state index in [0.717, 1.165) is 15.3 Å². The molecule has 0 fully saturated rings. The molecule has 25 heavy (non-hydrogen) atoms. The standard InChI is InChI=1S/C20H26N2O2S/c1-14-12-17(15(2)25-14)19(23)10-11-20(24)21-13-18(22(3)4)16-8-6-5-7-9-16/h5-9,12,18H,10-11,13H2,1-4H3,(H,21,24)/p+1/t18-/m0/s1. The Bertz CT molecular complexity index is 723. The summed E-state index contributed by atoms with van der Waals surface area (Å²) in [5.74, 6) is -0.0185. The fourth-order valence-electron chi connectivity index (χ4n) is 2.91. The number of carbonyl (C=O) groups is 2. The molecule has 2 N–H and O–H groups in total. The van der Waals surface area contributed by atoms with Gasteiger partial charge in [-0.2, -0.15) is 0 Å². The van der Waals surface area contributed by atoms with Crippen molar-refractivity contribution in [3.8, 4) is 0 Å². The zero-order valence-electron chi connectivity index (χ0n) is 15.4. The fourth-order valence-corrected chi connectivity index (χ4v) is 3.86. The molecule has 0 spiro atoms. The Morgan fingerprint density at radius 2 is 1.80 bits per heavy atom. The second-order valence-electron chi connectivity index (χ2n) is 6.59. The van der Waals surface area contributed by atoms with E-state index >= 15 is 0 Å². The topological polar surface area (TPSA) is 50.6 Å². The average molecular weight is 360 g/mol. The van der Waals surface area contributed by atoms with Crippen LogP contribution in [-0.4, -0.2) is 32.3 Å². The number of nitrogens with one attached hydrogen (secondary N) is 2. The lowest BCUT2D eigenvalue weighted by Gasteiger charge is -2.22. The van der Waals surface area contributed by atoms with Crippen LogP contribution in [-0.2, 0) is 4.79 Å². The monoisotopic (exact) mass is 359 g/mol. The summed E-state index contributed by atoms with van der Waals surface area (Å²) in [4.78, 5) is 27.8. The Labute approximate surface area is 153 Å². The van der Waals surface area contributed by atoms with E-state index in [2.05, 4.69) is 31.5 Å². The van der Waals surface area contributed by atoms with Crippen LogP contribution in [0.15, 0.2) is 36.4 Å². The van der Waals surface area contributed by atoms with E-state index in [1.807, 2.05) is 38.1 Å². The van der Waals surface area contributed by atoms with Crippen LogP contribution in [0.1, 0.15) is 44.6 Å². The number of Topliss-reactive ketones (excluding diaryl/α,β-unsaturated/α-hetero) is 1. The molecule has 1 amide bonds. The second-order valence-corrected chi connectivity index (χ2v) is 8.06. The van der Waals surface area contributed by atoms with E-state index in [0.29, 0.717) is 6.54 Å². The first kappa shape index (κ1) is 19.3. The van der Waals surface area contributed by atoms with E-state index in [1.54, 1.807) is 11.3 Å². The van der Waals surface area contributed by atoms with Crippen molar-refractivity contribution in [2.75, 3.05) is 20.6 Å². The van der Waals surface area contributed by atoms with Gasteiger partial charge in [-0.3, -0.25) is 9.59 Å². The molecule has 0 aliphatic rings. The quantitative estimate of drug-likeness (QED) is 0.711. The molecular formula is C20H27N2O2S+. The summed E-state index contributed by atoms with van der Waals surface area (Å²) in [6.45, 7) is 4.51. The molecule has 0 aliphatic carbocycles. The van der Waals surface area contributed by atoms with Gasteiger partial charge in [-0.25, -0.2) is 0 Å². The first-order valence-corrected chi connectivity index (χ1v) is 9.42. The molecule has 0 saturated heterocycles. The summed E-state index contributed by atoms with van der Waals surface area (Å²) in [5, 5.41) is 2.98. The van der Waals surface area contributed by atoms with E-state index in [9.17, 15) is 9.59 Å². The summed E-state index contributed by atoms with van der Waals surface area (Å²) in [6, 6.07) is 12.3. The number of likely N-dealkylation sites (N-methyl/N-ethyl adjacent to an activating group) is 1. The lowest BCUT2D eigenvalue weighted by Crippen LogP contribution is -3.07. The van der Waals surface area contributed by atoms with Gasteiger partial charge in [0.15, 0.2) is 5.78 Å². The van der Waals surface area contributed by atoms with Gasteiger partial charge in [0.1, 0.15) is 6.04 Å². The van der Waals surface area contributed by atoms with Gasteiger partial charge in [-0.15, -0.1) is 11.3 Å². The number of quaternary nitrogens is 1. The maximum Gasteiger partial charge on any atom is 0.220 e. The minimum Gasteiger partial charge on any atom is -0.350 e. The smallest absolute Gasteiger partial charge is 0.220 e. The van der Waals surface area contributed by atoms with Crippen molar-refractivity contribution in [2.24, 2.45) is 0 Å². The second kappa shape index (κ2) is 8.92. The summed E-state index contributed by atoms with van der Waals surface area (Å²) >= 11 is 1.62. The number of thiophene rings is 1. The molecule has 2 rings (SSSR count). The summed E-state index contributed by atoms with van der Waals surface area (Å²) < 4.78 is 0. The number of ketones is 1. The number of amides is 1. The Hall–Kier alpha value is -1.98. The van der Waals surface area contributed by atoms with Gasteiger partial charge in [0.25, 0.3) is 0 Å². The zero-order valence-corrected chi connectivity index (χ0v) is 16.2. The Morgan fingerprint density at radius 1 is 1.12 bits per heavy atom. The Morgan fingerprint density at radius 3 is 2.36 bits per heavy atom. The highest BCUT2D eigenvalue weighted by Gasteiger charge is 2.19. The number of hydrogen-bond acceptors (Lipinski definition) is 3. The minimum absolute atomic E-state index is 0.0508. The summed E-state index contributed by atoms with van der Waals surface area (Å²) in [5.41, 5.74) is 1.96. The normalized spacial score (nSPS) is 12.2. The Balaban J connectivity index is 1.85. The molecule has 0 unspecified atom stereocenters. The Kier molecular flexibility index (Phi) is 6.91.